The fourth-order valence-electron chi connectivity index (χ4n) is 1.84. The van der Waals surface area contributed by atoms with Crippen molar-refractivity contribution in [2.75, 3.05) is 0 Å². The van der Waals surface area contributed by atoms with E-state index in [1.54, 1.807) is 24.7 Å². The van der Waals surface area contributed by atoms with Gasteiger partial charge in [-0.05, 0) is 36.6 Å². The fraction of sp³-hybridized carbons (Fsp3) is 0.308. The Morgan fingerprint density at radius 1 is 1.35 bits per heavy atom. The van der Waals surface area contributed by atoms with Crippen LogP contribution in [0.3, 0.4) is 0 Å². The van der Waals surface area contributed by atoms with Crippen LogP contribution in [0.1, 0.15) is 21.6 Å². The van der Waals surface area contributed by atoms with Crippen LogP contribution in [0.15, 0.2) is 28.7 Å². The van der Waals surface area contributed by atoms with Gasteiger partial charge in [0.25, 0.3) is 0 Å². The molecule has 0 fully saturated rings. The summed E-state index contributed by atoms with van der Waals surface area (Å²) < 4.78 is 27.3. The number of hydrogen-bond donors (Lipinski definition) is 2. The Bertz CT molecular complexity index is 695. The SMILES string of the molecule is Cc1cc(CO)cc(S(=O)(=O)NCc2cncs2)c1C. The van der Waals surface area contributed by atoms with E-state index in [4.69, 9.17) is 0 Å². The molecule has 0 aliphatic rings. The van der Waals surface area contributed by atoms with Crippen LogP contribution >= 0.6 is 11.3 Å². The molecule has 2 aromatic rings. The summed E-state index contributed by atoms with van der Waals surface area (Å²) in [7, 11) is -3.60. The second kappa shape index (κ2) is 6.01. The first-order valence-corrected chi connectivity index (χ1v) is 8.38. The van der Waals surface area contributed by atoms with Gasteiger partial charge in [0, 0.05) is 17.6 Å². The number of hydrogen-bond acceptors (Lipinski definition) is 5. The normalized spacial score (nSPS) is 11.8. The molecule has 108 valence electrons. The first-order chi connectivity index (χ1) is 9.44. The smallest absolute Gasteiger partial charge is 0.241 e. The molecule has 0 bridgehead atoms. The molecule has 20 heavy (non-hydrogen) atoms. The van der Waals surface area contributed by atoms with Crippen LogP contribution in [0.2, 0.25) is 0 Å². The molecule has 0 saturated heterocycles. The molecule has 0 saturated carbocycles. The molecule has 0 aliphatic heterocycles. The number of rotatable bonds is 5. The molecule has 7 heteroatoms. The number of aryl methyl sites for hydroxylation is 1. The van der Waals surface area contributed by atoms with E-state index in [9.17, 15) is 13.5 Å². The van der Waals surface area contributed by atoms with Crippen LogP contribution in [0, 0.1) is 13.8 Å². The minimum absolute atomic E-state index is 0.182. The number of sulfonamides is 1. The van der Waals surface area contributed by atoms with Crippen LogP contribution in [-0.2, 0) is 23.2 Å². The molecule has 2 N–H and O–H groups in total. The third-order valence-electron chi connectivity index (χ3n) is 3.07. The highest BCUT2D eigenvalue weighted by Gasteiger charge is 2.18. The maximum absolute atomic E-state index is 12.4. The first-order valence-electron chi connectivity index (χ1n) is 6.02. The van der Waals surface area contributed by atoms with E-state index in [0.717, 1.165) is 10.4 Å². The van der Waals surface area contributed by atoms with Gasteiger partial charge in [-0.3, -0.25) is 4.98 Å². The van der Waals surface area contributed by atoms with Gasteiger partial charge < -0.3 is 5.11 Å². The fourth-order valence-corrected chi connectivity index (χ4v) is 3.84. The predicted octanol–water partition coefficient (Wildman–Crippen LogP) is 1.73. The second-order valence-electron chi connectivity index (χ2n) is 4.49. The lowest BCUT2D eigenvalue weighted by atomic mass is 10.1. The van der Waals surface area contributed by atoms with Gasteiger partial charge in [0.05, 0.1) is 17.0 Å². The van der Waals surface area contributed by atoms with Crippen molar-refractivity contribution in [3.05, 3.63) is 45.4 Å². The van der Waals surface area contributed by atoms with Gasteiger partial charge in [-0.25, -0.2) is 13.1 Å². The highest BCUT2D eigenvalue weighted by molar-refractivity contribution is 7.89. The molecule has 0 atom stereocenters. The number of nitrogens with one attached hydrogen (secondary N) is 1. The summed E-state index contributed by atoms with van der Waals surface area (Å²) in [4.78, 5) is 4.97. The summed E-state index contributed by atoms with van der Waals surface area (Å²) in [5.41, 5.74) is 3.78. The molecule has 0 spiro atoms. The molecule has 1 aromatic carbocycles. The van der Waals surface area contributed by atoms with E-state index in [1.165, 1.54) is 17.4 Å². The Hall–Kier alpha value is -1.28. The van der Waals surface area contributed by atoms with E-state index in [-0.39, 0.29) is 18.0 Å². The predicted molar refractivity (Wildman–Crippen MR) is 78.0 cm³/mol. The number of benzene rings is 1. The molecule has 1 heterocycles. The van der Waals surface area contributed by atoms with Crippen LogP contribution < -0.4 is 4.72 Å². The van der Waals surface area contributed by atoms with Crippen LogP contribution in [-0.4, -0.2) is 18.5 Å². The van der Waals surface area contributed by atoms with Crippen molar-refractivity contribution in [2.45, 2.75) is 31.9 Å². The molecule has 1 aromatic heterocycles. The summed E-state index contributed by atoms with van der Waals surface area (Å²) in [5.74, 6) is 0. The maximum atomic E-state index is 12.4. The van der Waals surface area contributed by atoms with Crippen molar-refractivity contribution >= 4 is 21.4 Å². The maximum Gasteiger partial charge on any atom is 0.241 e. The van der Waals surface area contributed by atoms with Crippen LogP contribution in [0.4, 0.5) is 0 Å². The molecular weight excluding hydrogens is 296 g/mol. The van der Waals surface area contributed by atoms with Gasteiger partial charge in [-0.2, -0.15) is 0 Å². The number of nitrogens with zero attached hydrogens (tertiary/aromatic N) is 1. The van der Waals surface area contributed by atoms with Gasteiger partial charge in [-0.15, -0.1) is 11.3 Å². The van der Waals surface area contributed by atoms with Gasteiger partial charge in [0.1, 0.15) is 0 Å². The third kappa shape index (κ3) is 3.24. The lowest BCUT2D eigenvalue weighted by Gasteiger charge is -2.12. The molecule has 5 nitrogen and oxygen atoms in total. The number of thiazole rings is 1. The zero-order valence-corrected chi connectivity index (χ0v) is 12.9. The highest BCUT2D eigenvalue weighted by Crippen LogP contribution is 2.21. The van der Waals surface area contributed by atoms with E-state index in [0.29, 0.717) is 11.1 Å². The van der Waals surface area contributed by atoms with E-state index >= 15 is 0 Å². The Balaban J connectivity index is 2.31. The second-order valence-corrected chi connectivity index (χ2v) is 7.19. The summed E-state index contributed by atoms with van der Waals surface area (Å²) >= 11 is 1.40. The minimum Gasteiger partial charge on any atom is -0.392 e. The quantitative estimate of drug-likeness (QED) is 0.881. The van der Waals surface area contributed by atoms with E-state index < -0.39 is 10.0 Å². The monoisotopic (exact) mass is 312 g/mol. The minimum atomic E-state index is -3.60. The molecule has 0 amide bonds. The number of aliphatic hydroxyl groups excluding tert-OH is 1. The first kappa shape index (κ1) is 15.1. The summed E-state index contributed by atoms with van der Waals surface area (Å²) in [6.45, 7) is 3.63. The van der Waals surface area contributed by atoms with Crippen molar-refractivity contribution < 1.29 is 13.5 Å². The molecule has 0 radical (unpaired) electrons. The van der Waals surface area contributed by atoms with Crippen LogP contribution in [0.5, 0.6) is 0 Å². The average molecular weight is 312 g/mol. The summed E-state index contributed by atoms with van der Waals surface area (Å²) in [6.07, 6.45) is 1.63. The Labute approximate surface area is 122 Å². The summed E-state index contributed by atoms with van der Waals surface area (Å²) in [5, 5.41) is 9.20. The average Bonchev–Trinajstić information content (AvgIpc) is 2.92. The molecular formula is C13H16N2O3S2. The Morgan fingerprint density at radius 2 is 2.10 bits per heavy atom. The van der Waals surface area contributed by atoms with Gasteiger partial charge in [-0.1, -0.05) is 6.07 Å². The number of aromatic nitrogens is 1. The van der Waals surface area contributed by atoms with Crippen molar-refractivity contribution in [3.63, 3.8) is 0 Å². The largest absolute Gasteiger partial charge is 0.392 e. The molecule has 0 unspecified atom stereocenters. The van der Waals surface area contributed by atoms with Crippen molar-refractivity contribution in [2.24, 2.45) is 0 Å². The molecule has 2 rings (SSSR count). The Morgan fingerprint density at radius 3 is 2.70 bits per heavy atom. The van der Waals surface area contributed by atoms with E-state index in [1.807, 2.05) is 6.92 Å². The lowest BCUT2D eigenvalue weighted by Crippen LogP contribution is -2.24. The third-order valence-corrected chi connectivity index (χ3v) is 5.38. The highest BCUT2D eigenvalue weighted by atomic mass is 32.2. The van der Waals surface area contributed by atoms with Crippen LogP contribution in [0.25, 0.3) is 0 Å². The topological polar surface area (TPSA) is 79.3 Å². The van der Waals surface area contributed by atoms with Gasteiger partial charge >= 0.3 is 0 Å². The van der Waals surface area contributed by atoms with Crippen molar-refractivity contribution in [1.82, 2.24) is 9.71 Å². The number of aliphatic hydroxyl groups is 1. The summed E-state index contributed by atoms with van der Waals surface area (Å²) in [6, 6.07) is 3.30. The van der Waals surface area contributed by atoms with Crippen molar-refractivity contribution in [1.29, 1.82) is 0 Å². The van der Waals surface area contributed by atoms with Gasteiger partial charge in [0.15, 0.2) is 0 Å². The zero-order chi connectivity index (χ0) is 14.8. The standard InChI is InChI=1S/C13H16N2O3S2/c1-9-3-11(7-16)4-13(10(9)2)20(17,18)15-6-12-5-14-8-19-12/h3-5,8,15-16H,6-7H2,1-2H3. The molecule has 0 aliphatic carbocycles. The lowest BCUT2D eigenvalue weighted by molar-refractivity contribution is 0.281. The Kier molecular flexibility index (Phi) is 4.54. The zero-order valence-electron chi connectivity index (χ0n) is 11.3. The van der Waals surface area contributed by atoms with Gasteiger partial charge in [0.2, 0.25) is 10.0 Å². The van der Waals surface area contributed by atoms with E-state index in [2.05, 4.69) is 9.71 Å². The van der Waals surface area contributed by atoms with Crippen molar-refractivity contribution in [3.8, 4) is 0 Å².